The fourth-order valence-corrected chi connectivity index (χ4v) is 3.76. The van der Waals surface area contributed by atoms with Crippen molar-refractivity contribution in [3.63, 3.8) is 0 Å². The van der Waals surface area contributed by atoms with Crippen LogP contribution in [0, 0.1) is 0 Å². The van der Waals surface area contributed by atoms with Crippen molar-refractivity contribution in [3.8, 4) is 11.5 Å². The summed E-state index contributed by atoms with van der Waals surface area (Å²) in [6.45, 7) is 7.26. The van der Waals surface area contributed by atoms with Crippen molar-refractivity contribution in [3.05, 3.63) is 29.6 Å². The molecule has 0 amide bonds. The van der Waals surface area contributed by atoms with Gasteiger partial charge in [0.1, 0.15) is 0 Å². The van der Waals surface area contributed by atoms with Gasteiger partial charge in [-0.3, -0.25) is 4.90 Å². The Labute approximate surface area is 167 Å². The summed E-state index contributed by atoms with van der Waals surface area (Å²) in [5.41, 5.74) is 1.17. The molecule has 2 heterocycles. The van der Waals surface area contributed by atoms with E-state index in [1.807, 2.05) is 16.8 Å². The first kappa shape index (κ1) is 20.5. The first-order chi connectivity index (χ1) is 13.7. The number of piperazine rings is 1. The molecular formula is C20H32N6O2. The lowest BCUT2D eigenvalue weighted by Gasteiger charge is -2.37. The number of tetrazole rings is 1. The van der Waals surface area contributed by atoms with E-state index < -0.39 is 0 Å². The SMILES string of the molecule is CCCC(c1nnnn1CCc1ccc(OC)c(OC)c1)N1CCN(C)CC1. The fourth-order valence-electron chi connectivity index (χ4n) is 3.76. The van der Waals surface area contributed by atoms with Gasteiger partial charge >= 0.3 is 0 Å². The number of hydrogen-bond donors (Lipinski definition) is 0. The second-order valence-electron chi connectivity index (χ2n) is 7.34. The summed E-state index contributed by atoms with van der Waals surface area (Å²) in [4.78, 5) is 4.90. The maximum atomic E-state index is 5.41. The van der Waals surface area contributed by atoms with Crippen molar-refractivity contribution in [1.29, 1.82) is 0 Å². The third-order valence-electron chi connectivity index (χ3n) is 5.46. The second-order valence-corrected chi connectivity index (χ2v) is 7.34. The Bertz CT molecular complexity index is 742. The van der Waals surface area contributed by atoms with Crippen LogP contribution in [0.15, 0.2) is 18.2 Å². The van der Waals surface area contributed by atoms with Crippen molar-refractivity contribution < 1.29 is 9.47 Å². The molecule has 1 atom stereocenters. The normalized spacial score (nSPS) is 16.9. The summed E-state index contributed by atoms with van der Waals surface area (Å²) in [6, 6.07) is 6.31. The fraction of sp³-hybridized carbons (Fsp3) is 0.650. The highest BCUT2D eigenvalue weighted by Crippen LogP contribution is 2.28. The van der Waals surface area contributed by atoms with E-state index in [9.17, 15) is 0 Å². The smallest absolute Gasteiger partial charge is 0.168 e. The molecule has 154 valence electrons. The molecule has 1 aliphatic rings. The number of rotatable bonds is 9. The highest BCUT2D eigenvalue weighted by molar-refractivity contribution is 5.42. The van der Waals surface area contributed by atoms with E-state index in [-0.39, 0.29) is 6.04 Å². The molecule has 1 aromatic heterocycles. The molecule has 0 saturated carbocycles. The number of nitrogens with zero attached hydrogens (tertiary/aromatic N) is 6. The van der Waals surface area contributed by atoms with Crippen LogP contribution in [-0.2, 0) is 13.0 Å². The van der Waals surface area contributed by atoms with E-state index in [2.05, 4.69) is 45.4 Å². The van der Waals surface area contributed by atoms with E-state index in [0.29, 0.717) is 0 Å². The summed E-state index contributed by atoms with van der Waals surface area (Å²) in [5, 5.41) is 12.7. The van der Waals surface area contributed by atoms with Gasteiger partial charge in [-0.05, 0) is 48.0 Å². The summed E-state index contributed by atoms with van der Waals surface area (Å²) < 4.78 is 12.7. The number of methoxy groups -OCH3 is 2. The molecule has 1 fully saturated rings. The molecule has 3 rings (SSSR count). The zero-order chi connectivity index (χ0) is 19.9. The van der Waals surface area contributed by atoms with Gasteiger partial charge in [-0.15, -0.1) is 5.10 Å². The maximum Gasteiger partial charge on any atom is 0.168 e. The molecule has 1 saturated heterocycles. The summed E-state index contributed by atoms with van der Waals surface area (Å²) >= 11 is 0. The van der Waals surface area contributed by atoms with Gasteiger partial charge < -0.3 is 14.4 Å². The largest absolute Gasteiger partial charge is 0.493 e. The van der Waals surface area contributed by atoms with Gasteiger partial charge in [0, 0.05) is 32.7 Å². The number of hydrogen-bond acceptors (Lipinski definition) is 7. The number of likely N-dealkylation sites (N-methyl/N-ethyl adjacent to an activating group) is 1. The molecular weight excluding hydrogens is 356 g/mol. The first-order valence-electron chi connectivity index (χ1n) is 10.1. The summed E-state index contributed by atoms with van der Waals surface area (Å²) in [5.74, 6) is 2.47. The average molecular weight is 389 g/mol. The van der Waals surface area contributed by atoms with Crippen molar-refractivity contribution in [2.45, 2.75) is 38.8 Å². The topological polar surface area (TPSA) is 68.5 Å². The number of benzene rings is 1. The van der Waals surface area contributed by atoms with Crippen LogP contribution in [-0.4, -0.2) is 77.5 Å². The zero-order valence-electron chi connectivity index (χ0n) is 17.5. The van der Waals surface area contributed by atoms with E-state index in [0.717, 1.165) is 69.3 Å². The monoisotopic (exact) mass is 388 g/mol. The third-order valence-corrected chi connectivity index (χ3v) is 5.46. The van der Waals surface area contributed by atoms with Gasteiger partial charge in [0.15, 0.2) is 17.3 Å². The Morgan fingerprint density at radius 2 is 1.82 bits per heavy atom. The van der Waals surface area contributed by atoms with Crippen LogP contribution in [0.2, 0.25) is 0 Å². The molecule has 8 heteroatoms. The molecule has 28 heavy (non-hydrogen) atoms. The van der Waals surface area contributed by atoms with E-state index in [1.54, 1.807) is 14.2 Å². The average Bonchev–Trinajstić information content (AvgIpc) is 3.19. The van der Waals surface area contributed by atoms with Crippen molar-refractivity contribution in [2.24, 2.45) is 0 Å². The molecule has 0 N–H and O–H groups in total. The highest BCUT2D eigenvalue weighted by Gasteiger charge is 2.27. The number of ether oxygens (including phenoxy) is 2. The van der Waals surface area contributed by atoms with Gasteiger partial charge in [-0.25, -0.2) is 4.68 Å². The highest BCUT2D eigenvalue weighted by atomic mass is 16.5. The molecule has 0 bridgehead atoms. The Morgan fingerprint density at radius 3 is 2.50 bits per heavy atom. The quantitative estimate of drug-likeness (QED) is 0.651. The molecule has 1 aromatic carbocycles. The van der Waals surface area contributed by atoms with Gasteiger partial charge in [-0.1, -0.05) is 19.4 Å². The Kier molecular flexibility index (Phi) is 7.22. The van der Waals surface area contributed by atoms with Crippen LogP contribution in [0.4, 0.5) is 0 Å². The third kappa shape index (κ3) is 4.80. The van der Waals surface area contributed by atoms with Gasteiger partial charge in [0.2, 0.25) is 0 Å². The van der Waals surface area contributed by atoms with E-state index >= 15 is 0 Å². The molecule has 8 nitrogen and oxygen atoms in total. The minimum absolute atomic E-state index is 0.277. The van der Waals surface area contributed by atoms with Crippen LogP contribution < -0.4 is 9.47 Å². The number of aromatic nitrogens is 4. The Hall–Kier alpha value is -2.19. The van der Waals surface area contributed by atoms with E-state index in [4.69, 9.17) is 9.47 Å². The van der Waals surface area contributed by atoms with Crippen LogP contribution in [0.3, 0.4) is 0 Å². The summed E-state index contributed by atoms with van der Waals surface area (Å²) in [7, 11) is 5.49. The molecule has 1 aliphatic heterocycles. The van der Waals surface area contributed by atoms with Gasteiger partial charge in [0.05, 0.1) is 20.3 Å². The van der Waals surface area contributed by atoms with Crippen molar-refractivity contribution in [1.82, 2.24) is 30.0 Å². The molecule has 0 aliphatic carbocycles. The summed E-state index contributed by atoms with van der Waals surface area (Å²) in [6.07, 6.45) is 3.01. The van der Waals surface area contributed by atoms with Crippen LogP contribution in [0.5, 0.6) is 11.5 Å². The zero-order valence-corrected chi connectivity index (χ0v) is 17.5. The molecule has 0 spiro atoms. The van der Waals surface area contributed by atoms with Gasteiger partial charge in [-0.2, -0.15) is 0 Å². The predicted molar refractivity (Wildman–Crippen MR) is 108 cm³/mol. The second kappa shape index (κ2) is 9.84. The van der Waals surface area contributed by atoms with Crippen LogP contribution >= 0.6 is 0 Å². The standard InChI is InChI=1S/C20H32N6O2/c1-5-6-17(25-13-11-24(2)12-14-25)20-21-22-23-26(20)10-9-16-7-8-18(27-3)19(15-16)28-4/h7-8,15,17H,5-6,9-14H2,1-4H3. The van der Waals surface area contributed by atoms with Gasteiger partial charge in [0.25, 0.3) is 0 Å². The van der Waals surface area contributed by atoms with Crippen LogP contribution in [0.25, 0.3) is 0 Å². The van der Waals surface area contributed by atoms with Crippen molar-refractivity contribution >= 4 is 0 Å². The lowest BCUT2D eigenvalue weighted by Crippen LogP contribution is -2.46. The predicted octanol–water partition coefficient (Wildman–Crippen LogP) is 2.02. The van der Waals surface area contributed by atoms with E-state index in [1.165, 1.54) is 5.56 Å². The number of aryl methyl sites for hydroxylation is 2. The van der Waals surface area contributed by atoms with Crippen LogP contribution in [0.1, 0.15) is 37.2 Å². The Morgan fingerprint density at radius 1 is 1.07 bits per heavy atom. The first-order valence-corrected chi connectivity index (χ1v) is 10.1. The molecule has 1 unspecified atom stereocenters. The molecule has 2 aromatic rings. The minimum atomic E-state index is 0.277. The van der Waals surface area contributed by atoms with Crippen molar-refractivity contribution in [2.75, 3.05) is 47.4 Å². The minimum Gasteiger partial charge on any atom is -0.493 e. The Balaban J connectivity index is 1.71. The lowest BCUT2D eigenvalue weighted by atomic mass is 10.1. The molecule has 0 radical (unpaired) electrons. The maximum absolute atomic E-state index is 5.41. The lowest BCUT2D eigenvalue weighted by molar-refractivity contribution is 0.0994.